The number of benzene rings is 3. The molecule has 0 aliphatic heterocycles. The quantitative estimate of drug-likeness (QED) is 0.305. The van der Waals surface area contributed by atoms with E-state index in [2.05, 4.69) is 21.2 Å². The van der Waals surface area contributed by atoms with Gasteiger partial charge in [0, 0.05) is 10.2 Å². The maximum absolute atomic E-state index is 12.4. The van der Waals surface area contributed by atoms with E-state index in [1.165, 1.54) is 18.2 Å². The fourth-order valence-corrected chi connectivity index (χ4v) is 2.76. The van der Waals surface area contributed by atoms with Gasteiger partial charge in [0.05, 0.1) is 0 Å². The highest BCUT2D eigenvalue weighted by atomic mass is 79.9. The van der Waals surface area contributed by atoms with E-state index in [-0.39, 0.29) is 11.3 Å². The highest BCUT2D eigenvalue weighted by Crippen LogP contribution is 2.19. The third-order valence-electron chi connectivity index (χ3n) is 3.98. The zero-order valence-corrected chi connectivity index (χ0v) is 16.9. The zero-order valence-electron chi connectivity index (χ0n) is 15.3. The minimum Gasteiger partial charge on any atom is -0.508 e. The van der Waals surface area contributed by atoms with E-state index in [0.29, 0.717) is 23.6 Å². The molecule has 0 spiro atoms. The van der Waals surface area contributed by atoms with Crippen LogP contribution in [0.3, 0.4) is 0 Å². The largest absolute Gasteiger partial charge is 0.508 e. The Morgan fingerprint density at radius 1 is 1.10 bits per heavy atom. The second kappa shape index (κ2) is 9.58. The highest BCUT2D eigenvalue weighted by Gasteiger charge is 2.10. The molecule has 144 valence electrons. The molecule has 0 aliphatic rings. The predicted octanol–water partition coefficient (Wildman–Crippen LogP) is 5.28. The Hall–Kier alpha value is -3.56. The summed E-state index contributed by atoms with van der Waals surface area (Å²) in [7, 11) is 0. The fraction of sp³-hybridized carbons (Fsp3) is 0.0435. The van der Waals surface area contributed by atoms with Crippen LogP contribution in [0.25, 0.3) is 6.08 Å². The molecule has 0 aliphatic carbocycles. The molecule has 0 saturated carbocycles. The topological polar surface area (TPSA) is 82.3 Å². The van der Waals surface area contributed by atoms with Gasteiger partial charge in [0.15, 0.2) is 0 Å². The van der Waals surface area contributed by atoms with Crippen LogP contribution in [0.4, 0.5) is 5.69 Å². The molecule has 0 bridgehead atoms. The molecular weight excluding hydrogens is 432 g/mol. The third-order valence-corrected chi connectivity index (χ3v) is 4.51. The molecule has 0 atom stereocenters. The SMILES string of the molecule is N#C/C(=C/c1cccc(OCc2ccc(Br)cc2)c1)C(=O)Nc1ccc(O)cc1. The Balaban J connectivity index is 1.69. The van der Waals surface area contributed by atoms with Crippen molar-refractivity contribution in [3.63, 3.8) is 0 Å². The molecule has 0 radical (unpaired) electrons. The number of hydrogen-bond acceptors (Lipinski definition) is 4. The number of carbonyl (C=O) groups is 1. The van der Waals surface area contributed by atoms with Crippen molar-refractivity contribution in [2.75, 3.05) is 5.32 Å². The van der Waals surface area contributed by atoms with Crippen LogP contribution in [0, 0.1) is 11.3 Å². The van der Waals surface area contributed by atoms with E-state index < -0.39 is 5.91 Å². The van der Waals surface area contributed by atoms with Crippen LogP contribution in [-0.4, -0.2) is 11.0 Å². The van der Waals surface area contributed by atoms with Gasteiger partial charge in [-0.05, 0) is 65.7 Å². The lowest BCUT2D eigenvalue weighted by Crippen LogP contribution is -2.13. The normalized spacial score (nSPS) is 10.8. The minimum absolute atomic E-state index is 0.0388. The smallest absolute Gasteiger partial charge is 0.266 e. The van der Waals surface area contributed by atoms with Crippen molar-refractivity contribution in [1.29, 1.82) is 5.26 Å². The molecule has 3 aromatic rings. The van der Waals surface area contributed by atoms with E-state index in [1.54, 1.807) is 30.3 Å². The summed E-state index contributed by atoms with van der Waals surface area (Å²) in [4.78, 5) is 12.4. The number of halogens is 1. The summed E-state index contributed by atoms with van der Waals surface area (Å²) < 4.78 is 6.81. The maximum Gasteiger partial charge on any atom is 0.266 e. The van der Waals surface area contributed by atoms with Gasteiger partial charge in [-0.25, -0.2) is 0 Å². The first-order chi connectivity index (χ1) is 14.0. The number of phenols is 1. The van der Waals surface area contributed by atoms with E-state index in [1.807, 2.05) is 36.4 Å². The summed E-state index contributed by atoms with van der Waals surface area (Å²) in [5, 5.41) is 21.3. The molecule has 2 N–H and O–H groups in total. The molecule has 0 fully saturated rings. The lowest BCUT2D eigenvalue weighted by Gasteiger charge is -2.08. The van der Waals surface area contributed by atoms with Gasteiger partial charge in [-0.3, -0.25) is 4.79 Å². The summed E-state index contributed by atoms with van der Waals surface area (Å²) in [6, 6.07) is 22.9. The summed E-state index contributed by atoms with van der Waals surface area (Å²) in [5.41, 5.74) is 2.15. The number of nitriles is 1. The van der Waals surface area contributed by atoms with Gasteiger partial charge in [0.2, 0.25) is 0 Å². The second-order valence-corrected chi connectivity index (χ2v) is 7.07. The lowest BCUT2D eigenvalue weighted by atomic mass is 10.1. The van der Waals surface area contributed by atoms with Crippen molar-refractivity contribution >= 4 is 33.6 Å². The van der Waals surface area contributed by atoms with Gasteiger partial charge < -0.3 is 15.2 Å². The molecule has 0 aromatic heterocycles. The number of amides is 1. The molecule has 0 heterocycles. The van der Waals surface area contributed by atoms with Gasteiger partial charge in [0.25, 0.3) is 5.91 Å². The number of phenolic OH excluding ortho intramolecular Hbond substituents is 1. The number of anilines is 1. The monoisotopic (exact) mass is 448 g/mol. The second-order valence-electron chi connectivity index (χ2n) is 6.16. The van der Waals surface area contributed by atoms with Crippen molar-refractivity contribution in [1.82, 2.24) is 0 Å². The van der Waals surface area contributed by atoms with Gasteiger partial charge in [-0.1, -0.05) is 40.2 Å². The summed E-state index contributed by atoms with van der Waals surface area (Å²) in [6.45, 7) is 0.410. The Morgan fingerprint density at radius 3 is 2.52 bits per heavy atom. The molecule has 3 rings (SSSR count). The van der Waals surface area contributed by atoms with Crippen LogP contribution in [-0.2, 0) is 11.4 Å². The number of aromatic hydroxyl groups is 1. The average Bonchev–Trinajstić information content (AvgIpc) is 2.73. The lowest BCUT2D eigenvalue weighted by molar-refractivity contribution is -0.112. The molecule has 0 saturated heterocycles. The zero-order chi connectivity index (χ0) is 20.6. The van der Waals surface area contributed by atoms with Crippen LogP contribution in [0.15, 0.2) is 82.8 Å². The van der Waals surface area contributed by atoms with Crippen LogP contribution in [0.5, 0.6) is 11.5 Å². The van der Waals surface area contributed by atoms with Crippen LogP contribution < -0.4 is 10.1 Å². The summed E-state index contributed by atoms with van der Waals surface area (Å²) in [6.07, 6.45) is 1.50. The molecular formula is C23H17BrN2O3. The van der Waals surface area contributed by atoms with Gasteiger partial charge in [0.1, 0.15) is 29.7 Å². The molecule has 0 unspecified atom stereocenters. The first-order valence-corrected chi connectivity index (χ1v) is 9.52. The number of ether oxygens (including phenoxy) is 1. The molecule has 5 nitrogen and oxygen atoms in total. The van der Waals surface area contributed by atoms with Crippen molar-refractivity contribution < 1.29 is 14.6 Å². The third kappa shape index (κ3) is 5.96. The first-order valence-electron chi connectivity index (χ1n) is 8.73. The van der Waals surface area contributed by atoms with Gasteiger partial charge >= 0.3 is 0 Å². The van der Waals surface area contributed by atoms with Crippen LogP contribution in [0.1, 0.15) is 11.1 Å². The predicted molar refractivity (Wildman–Crippen MR) is 115 cm³/mol. The van der Waals surface area contributed by atoms with Crippen LogP contribution in [0.2, 0.25) is 0 Å². The van der Waals surface area contributed by atoms with Crippen molar-refractivity contribution in [2.24, 2.45) is 0 Å². The van der Waals surface area contributed by atoms with Crippen molar-refractivity contribution in [2.45, 2.75) is 6.61 Å². The molecule has 1 amide bonds. The van der Waals surface area contributed by atoms with Gasteiger partial charge in [-0.15, -0.1) is 0 Å². The number of carbonyl (C=O) groups excluding carboxylic acids is 1. The average molecular weight is 449 g/mol. The minimum atomic E-state index is -0.528. The Kier molecular flexibility index (Phi) is 6.67. The molecule has 6 heteroatoms. The van der Waals surface area contributed by atoms with E-state index >= 15 is 0 Å². The van der Waals surface area contributed by atoms with E-state index in [9.17, 15) is 15.2 Å². The summed E-state index contributed by atoms with van der Waals surface area (Å²) in [5.74, 6) is 0.205. The Morgan fingerprint density at radius 2 is 1.83 bits per heavy atom. The first kappa shape index (κ1) is 20.2. The van der Waals surface area contributed by atoms with Crippen LogP contribution >= 0.6 is 15.9 Å². The van der Waals surface area contributed by atoms with Gasteiger partial charge in [-0.2, -0.15) is 5.26 Å². The molecule has 29 heavy (non-hydrogen) atoms. The number of rotatable bonds is 6. The standard InChI is InChI=1S/C23H17BrN2O3/c24-19-6-4-16(5-7-19)15-29-22-3-1-2-17(13-22)12-18(14-25)23(28)26-20-8-10-21(27)11-9-20/h1-13,27H,15H2,(H,26,28)/b18-12-. The number of nitrogens with zero attached hydrogens (tertiary/aromatic N) is 1. The Labute approximate surface area is 177 Å². The fourth-order valence-electron chi connectivity index (χ4n) is 2.50. The summed E-state index contributed by atoms with van der Waals surface area (Å²) >= 11 is 3.40. The maximum atomic E-state index is 12.4. The highest BCUT2D eigenvalue weighted by molar-refractivity contribution is 9.10. The van der Waals surface area contributed by atoms with Crippen molar-refractivity contribution in [3.8, 4) is 17.6 Å². The van der Waals surface area contributed by atoms with E-state index in [4.69, 9.17) is 4.74 Å². The number of hydrogen-bond donors (Lipinski definition) is 2. The molecule has 3 aromatic carbocycles. The van der Waals surface area contributed by atoms with Crippen molar-refractivity contribution in [3.05, 3.63) is 94.0 Å². The number of nitrogens with one attached hydrogen (secondary N) is 1. The Bertz CT molecular complexity index is 1070. The van der Waals surface area contributed by atoms with E-state index in [0.717, 1.165) is 10.0 Å².